The van der Waals surface area contributed by atoms with Gasteiger partial charge in [-0.1, -0.05) is 6.07 Å². The Balaban J connectivity index is 2.88. The van der Waals surface area contributed by atoms with Crippen LogP contribution in [0.3, 0.4) is 0 Å². The molecular weight excluding hydrogens is 178 g/mol. The zero-order valence-electron chi connectivity index (χ0n) is 8.66. The number of benzene rings is 1. The highest BCUT2D eigenvalue weighted by Crippen LogP contribution is 2.22. The van der Waals surface area contributed by atoms with Gasteiger partial charge in [0.1, 0.15) is 5.75 Å². The Labute approximate surface area is 84.5 Å². The minimum Gasteiger partial charge on any atom is -0.497 e. The predicted octanol–water partition coefficient (Wildman–Crippen LogP) is 1.39. The van der Waals surface area contributed by atoms with Crippen molar-refractivity contribution in [2.24, 2.45) is 5.73 Å². The van der Waals surface area contributed by atoms with Crippen LogP contribution in [0.4, 0.5) is 0 Å². The SMILES string of the molecule is COc1ccc([C@@H](N)CCO)c(C)c1. The molecule has 3 heteroatoms. The molecule has 0 heterocycles. The number of aliphatic hydroxyl groups is 1. The highest BCUT2D eigenvalue weighted by atomic mass is 16.5. The second kappa shape index (κ2) is 4.98. The first-order valence-corrected chi connectivity index (χ1v) is 4.70. The Morgan fingerprint density at radius 2 is 2.21 bits per heavy atom. The van der Waals surface area contributed by atoms with Crippen molar-refractivity contribution in [3.63, 3.8) is 0 Å². The summed E-state index contributed by atoms with van der Waals surface area (Å²) in [6.45, 7) is 2.11. The average Bonchev–Trinajstić information content (AvgIpc) is 2.17. The van der Waals surface area contributed by atoms with Crippen LogP contribution in [0.15, 0.2) is 18.2 Å². The fraction of sp³-hybridized carbons (Fsp3) is 0.455. The molecule has 0 fully saturated rings. The van der Waals surface area contributed by atoms with Crippen LogP contribution in [0.5, 0.6) is 5.75 Å². The van der Waals surface area contributed by atoms with Crippen molar-refractivity contribution in [2.75, 3.05) is 13.7 Å². The van der Waals surface area contributed by atoms with E-state index in [2.05, 4.69) is 0 Å². The van der Waals surface area contributed by atoms with Gasteiger partial charge < -0.3 is 15.6 Å². The molecule has 0 aliphatic rings. The van der Waals surface area contributed by atoms with E-state index in [1.165, 1.54) is 0 Å². The minimum atomic E-state index is -0.0918. The van der Waals surface area contributed by atoms with Gasteiger partial charge in [-0.3, -0.25) is 0 Å². The van der Waals surface area contributed by atoms with Gasteiger partial charge in [0.2, 0.25) is 0 Å². The molecule has 1 atom stereocenters. The molecule has 0 unspecified atom stereocenters. The van der Waals surface area contributed by atoms with Crippen LogP contribution in [0.1, 0.15) is 23.6 Å². The number of methoxy groups -OCH3 is 1. The largest absolute Gasteiger partial charge is 0.497 e. The maximum absolute atomic E-state index is 8.78. The third kappa shape index (κ3) is 2.47. The van der Waals surface area contributed by atoms with Gasteiger partial charge in [-0.05, 0) is 36.6 Å². The fourth-order valence-corrected chi connectivity index (χ4v) is 1.49. The molecule has 0 saturated carbocycles. The molecule has 0 aliphatic heterocycles. The highest BCUT2D eigenvalue weighted by molar-refractivity contribution is 5.36. The number of rotatable bonds is 4. The maximum Gasteiger partial charge on any atom is 0.119 e. The molecule has 1 aromatic rings. The second-order valence-corrected chi connectivity index (χ2v) is 3.34. The van der Waals surface area contributed by atoms with Gasteiger partial charge in [-0.15, -0.1) is 0 Å². The van der Waals surface area contributed by atoms with E-state index in [0.29, 0.717) is 6.42 Å². The van der Waals surface area contributed by atoms with E-state index in [-0.39, 0.29) is 12.6 Å². The zero-order valence-corrected chi connectivity index (χ0v) is 8.66. The molecule has 0 amide bonds. The van der Waals surface area contributed by atoms with Crippen LogP contribution in [0, 0.1) is 6.92 Å². The third-order valence-corrected chi connectivity index (χ3v) is 2.32. The zero-order chi connectivity index (χ0) is 10.6. The van der Waals surface area contributed by atoms with Crippen molar-refractivity contribution in [1.82, 2.24) is 0 Å². The van der Waals surface area contributed by atoms with Crippen LogP contribution in [-0.2, 0) is 0 Å². The lowest BCUT2D eigenvalue weighted by Crippen LogP contribution is -2.13. The predicted molar refractivity (Wildman–Crippen MR) is 56.4 cm³/mol. The second-order valence-electron chi connectivity index (χ2n) is 3.34. The van der Waals surface area contributed by atoms with Gasteiger partial charge in [-0.2, -0.15) is 0 Å². The number of hydrogen-bond acceptors (Lipinski definition) is 3. The van der Waals surface area contributed by atoms with Gasteiger partial charge in [0.25, 0.3) is 0 Å². The summed E-state index contributed by atoms with van der Waals surface area (Å²) in [4.78, 5) is 0. The smallest absolute Gasteiger partial charge is 0.119 e. The van der Waals surface area contributed by atoms with Crippen molar-refractivity contribution in [3.8, 4) is 5.75 Å². The van der Waals surface area contributed by atoms with E-state index >= 15 is 0 Å². The van der Waals surface area contributed by atoms with E-state index in [1.807, 2.05) is 25.1 Å². The van der Waals surface area contributed by atoms with Crippen LogP contribution in [0.2, 0.25) is 0 Å². The van der Waals surface area contributed by atoms with Gasteiger partial charge in [0.15, 0.2) is 0 Å². The number of ether oxygens (including phenoxy) is 1. The maximum atomic E-state index is 8.78. The Hall–Kier alpha value is -1.06. The molecule has 0 spiro atoms. The molecule has 0 saturated heterocycles. The summed E-state index contributed by atoms with van der Waals surface area (Å²) in [5.74, 6) is 0.836. The molecule has 3 N–H and O–H groups in total. The minimum absolute atomic E-state index is 0.0918. The quantitative estimate of drug-likeness (QED) is 0.763. The summed E-state index contributed by atoms with van der Waals surface area (Å²) in [6, 6.07) is 5.70. The Morgan fingerprint density at radius 1 is 1.50 bits per heavy atom. The first kappa shape index (κ1) is 11.0. The topological polar surface area (TPSA) is 55.5 Å². The Morgan fingerprint density at radius 3 is 2.71 bits per heavy atom. The molecule has 0 bridgehead atoms. The average molecular weight is 195 g/mol. The van der Waals surface area contributed by atoms with Crippen molar-refractivity contribution >= 4 is 0 Å². The van der Waals surface area contributed by atoms with Gasteiger partial charge >= 0.3 is 0 Å². The Kier molecular flexibility index (Phi) is 3.92. The van der Waals surface area contributed by atoms with Crippen LogP contribution in [-0.4, -0.2) is 18.8 Å². The molecule has 0 radical (unpaired) electrons. The van der Waals surface area contributed by atoms with Gasteiger partial charge in [0, 0.05) is 12.6 Å². The Bertz CT molecular complexity index is 299. The standard InChI is InChI=1S/C11H17NO2/c1-8-7-9(14-2)3-4-10(8)11(12)5-6-13/h3-4,7,11,13H,5-6,12H2,1-2H3/t11-/m0/s1. The van der Waals surface area contributed by atoms with E-state index in [9.17, 15) is 0 Å². The number of hydrogen-bond donors (Lipinski definition) is 2. The molecule has 0 aliphatic carbocycles. The van der Waals surface area contributed by atoms with E-state index in [0.717, 1.165) is 16.9 Å². The first-order chi connectivity index (χ1) is 6.69. The van der Waals surface area contributed by atoms with E-state index in [1.54, 1.807) is 7.11 Å². The van der Waals surface area contributed by atoms with E-state index in [4.69, 9.17) is 15.6 Å². The summed E-state index contributed by atoms with van der Waals surface area (Å²) in [6.07, 6.45) is 0.590. The molecular formula is C11H17NO2. The molecule has 1 rings (SSSR count). The lowest BCUT2D eigenvalue weighted by molar-refractivity contribution is 0.276. The monoisotopic (exact) mass is 195 g/mol. The highest BCUT2D eigenvalue weighted by Gasteiger charge is 2.08. The first-order valence-electron chi connectivity index (χ1n) is 4.70. The molecule has 0 aromatic heterocycles. The molecule has 78 valence electrons. The summed E-state index contributed by atoms with van der Waals surface area (Å²) in [5, 5.41) is 8.78. The number of aryl methyl sites for hydroxylation is 1. The normalized spacial score (nSPS) is 12.6. The van der Waals surface area contributed by atoms with Gasteiger partial charge in [-0.25, -0.2) is 0 Å². The number of nitrogens with two attached hydrogens (primary N) is 1. The summed E-state index contributed by atoms with van der Waals surface area (Å²) < 4.78 is 5.10. The van der Waals surface area contributed by atoms with Crippen LogP contribution >= 0.6 is 0 Å². The van der Waals surface area contributed by atoms with Crippen molar-refractivity contribution in [3.05, 3.63) is 29.3 Å². The van der Waals surface area contributed by atoms with Crippen molar-refractivity contribution in [2.45, 2.75) is 19.4 Å². The van der Waals surface area contributed by atoms with Crippen LogP contribution in [0.25, 0.3) is 0 Å². The third-order valence-electron chi connectivity index (χ3n) is 2.32. The van der Waals surface area contributed by atoms with E-state index < -0.39 is 0 Å². The lowest BCUT2D eigenvalue weighted by Gasteiger charge is -2.14. The van der Waals surface area contributed by atoms with Gasteiger partial charge in [0.05, 0.1) is 7.11 Å². The van der Waals surface area contributed by atoms with Crippen molar-refractivity contribution in [1.29, 1.82) is 0 Å². The van der Waals surface area contributed by atoms with Crippen molar-refractivity contribution < 1.29 is 9.84 Å². The fourth-order valence-electron chi connectivity index (χ4n) is 1.49. The molecule has 14 heavy (non-hydrogen) atoms. The number of aliphatic hydroxyl groups excluding tert-OH is 1. The summed E-state index contributed by atoms with van der Waals surface area (Å²) in [5.41, 5.74) is 8.07. The lowest BCUT2D eigenvalue weighted by atomic mass is 9.99. The summed E-state index contributed by atoms with van der Waals surface area (Å²) >= 11 is 0. The molecule has 3 nitrogen and oxygen atoms in total. The summed E-state index contributed by atoms with van der Waals surface area (Å²) in [7, 11) is 1.64. The van der Waals surface area contributed by atoms with Crippen LogP contribution < -0.4 is 10.5 Å². The molecule has 1 aromatic carbocycles.